The van der Waals surface area contributed by atoms with E-state index in [1.54, 1.807) is 0 Å². The largest absolute Gasteiger partial charge is 0.352 e. The lowest BCUT2D eigenvalue weighted by Crippen LogP contribution is -2.44. The van der Waals surface area contributed by atoms with Gasteiger partial charge < -0.3 is 16.0 Å². The molecule has 0 radical (unpaired) electrons. The Kier molecular flexibility index (Phi) is 8.20. The van der Waals surface area contributed by atoms with Crippen LogP contribution in [0.15, 0.2) is 0 Å². The molecule has 0 bridgehead atoms. The average Bonchev–Trinajstić information content (AvgIpc) is 2.14. The van der Waals surface area contributed by atoms with Crippen molar-refractivity contribution in [2.75, 3.05) is 20.6 Å². The molecule has 0 heterocycles. The number of carbonyl (C=O) groups is 1. The molecule has 2 atom stereocenters. The van der Waals surface area contributed by atoms with Gasteiger partial charge in [-0.15, -0.1) is 0 Å². The first-order valence-corrected chi connectivity index (χ1v) is 6.92. The highest BCUT2D eigenvalue weighted by Gasteiger charge is 2.18. The molecule has 3 N–H and O–H groups in total. The van der Waals surface area contributed by atoms with E-state index in [0.717, 1.165) is 13.0 Å². The zero-order chi connectivity index (χ0) is 14.3. The molecule has 0 aliphatic carbocycles. The van der Waals surface area contributed by atoms with E-state index in [0.29, 0.717) is 18.3 Å². The predicted molar refractivity (Wildman–Crippen MR) is 77.4 cm³/mol. The fourth-order valence-corrected chi connectivity index (χ4v) is 1.93. The second-order valence-electron chi connectivity index (χ2n) is 6.27. The van der Waals surface area contributed by atoms with Crippen molar-refractivity contribution in [2.24, 2.45) is 17.6 Å². The van der Waals surface area contributed by atoms with Gasteiger partial charge in [-0.2, -0.15) is 0 Å². The molecule has 2 unspecified atom stereocenters. The Bertz CT molecular complexity index is 229. The minimum atomic E-state index is -0.0518. The van der Waals surface area contributed by atoms with Crippen LogP contribution in [0, 0.1) is 11.8 Å². The molecule has 0 aromatic rings. The number of nitrogens with zero attached hydrogens (tertiary/aromatic N) is 1. The molecule has 0 spiro atoms. The Morgan fingerprint density at radius 3 is 2.17 bits per heavy atom. The zero-order valence-electron chi connectivity index (χ0n) is 12.9. The highest BCUT2D eigenvalue weighted by molar-refractivity contribution is 5.76. The SMILES string of the molecule is CC(C)CC(CN(C)C)NC(=O)CC(N)C(C)C. The van der Waals surface area contributed by atoms with Gasteiger partial charge in [-0.25, -0.2) is 0 Å². The van der Waals surface area contributed by atoms with Crippen molar-refractivity contribution in [1.29, 1.82) is 0 Å². The molecule has 1 amide bonds. The van der Waals surface area contributed by atoms with Gasteiger partial charge in [0.05, 0.1) is 0 Å². The molecule has 108 valence electrons. The van der Waals surface area contributed by atoms with E-state index in [2.05, 4.69) is 24.1 Å². The molecule has 4 heteroatoms. The van der Waals surface area contributed by atoms with Crippen molar-refractivity contribution < 1.29 is 4.79 Å². The highest BCUT2D eigenvalue weighted by Crippen LogP contribution is 2.07. The van der Waals surface area contributed by atoms with Crippen molar-refractivity contribution in [3.8, 4) is 0 Å². The van der Waals surface area contributed by atoms with Gasteiger partial charge in [0.1, 0.15) is 0 Å². The van der Waals surface area contributed by atoms with Crippen LogP contribution in [0.3, 0.4) is 0 Å². The third kappa shape index (κ3) is 8.48. The third-order valence-corrected chi connectivity index (χ3v) is 2.98. The maximum absolute atomic E-state index is 11.9. The standard InChI is InChI=1S/C14H31N3O/c1-10(2)7-12(9-17(5)6)16-14(18)8-13(15)11(3)4/h10-13H,7-9,15H2,1-6H3,(H,16,18). The Morgan fingerprint density at radius 1 is 1.22 bits per heavy atom. The van der Waals surface area contributed by atoms with Crippen LogP contribution in [0.25, 0.3) is 0 Å². The molecule has 4 nitrogen and oxygen atoms in total. The molecule has 0 aromatic heterocycles. The summed E-state index contributed by atoms with van der Waals surface area (Å²) in [5, 5.41) is 3.10. The second-order valence-corrected chi connectivity index (χ2v) is 6.27. The maximum Gasteiger partial charge on any atom is 0.221 e. The molecular formula is C14H31N3O. The summed E-state index contributed by atoms with van der Waals surface area (Å²) >= 11 is 0. The molecule has 0 rings (SSSR count). The first-order chi connectivity index (χ1) is 8.22. The van der Waals surface area contributed by atoms with Crippen molar-refractivity contribution >= 4 is 5.91 Å². The minimum Gasteiger partial charge on any atom is -0.352 e. The summed E-state index contributed by atoms with van der Waals surface area (Å²) < 4.78 is 0. The van der Waals surface area contributed by atoms with Crippen LogP contribution in [-0.4, -0.2) is 43.5 Å². The van der Waals surface area contributed by atoms with Crippen molar-refractivity contribution in [3.63, 3.8) is 0 Å². The van der Waals surface area contributed by atoms with Crippen LogP contribution < -0.4 is 11.1 Å². The van der Waals surface area contributed by atoms with E-state index >= 15 is 0 Å². The van der Waals surface area contributed by atoms with Gasteiger partial charge in [0.25, 0.3) is 0 Å². The monoisotopic (exact) mass is 257 g/mol. The summed E-state index contributed by atoms with van der Waals surface area (Å²) in [5.74, 6) is 0.992. The first-order valence-electron chi connectivity index (χ1n) is 6.92. The Hall–Kier alpha value is -0.610. The van der Waals surface area contributed by atoms with Crippen LogP contribution in [0.5, 0.6) is 0 Å². The van der Waals surface area contributed by atoms with Gasteiger partial charge in [-0.05, 0) is 32.4 Å². The number of nitrogens with one attached hydrogen (secondary N) is 1. The summed E-state index contributed by atoms with van der Waals surface area (Å²) in [6.07, 6.45) is 1.42. The van der Waals surface area contributed by atoms with Gasteiger partial charge >= 0.3 is 0 Å². The van der Waals surface area contributed by atoms with Crippen LogP contribution >= 0.6 is 0 Å². The number of amides is 1. The van der Waals surface area contributed by atoms with Crippen LogP contribution in [0.2, 0.25) is 0 Å². The Balaban J connectivity index is 4.25. The van der Waals surface area contributed by atoms with Crippen molar-refractivity contribution in [3.05, 3.63) is 0 Å². The van der Waals surface area contributed by atoms with E-state index in [-0.39, 0.29) is 18.0 Å². The van der Waals surface area contributed by atoms with E-state index in [1.807, 2.05) is 27.9 Å². The lowest BCUT2D eigenvalue weighted by Gasteiger charge is -2.25. The maximum atomic E-state index is 11.9. The summed E-state index contributed by atoms with van der Waals surface area (Å²) in [5.41, 5.74) is 5.92. The lowest BCUT2D eigenvalue weighted by molar-refractivity contribution is -0.122. The fourth-order valence-electron chi connectivity index (χ4n) is 1.93. The number of carbonyl (C=O) groups excluding carboxylic acids is 1. The van der Waals surface area contributed by atoms with Gasteiger partial charge in [0, 0.05) is 25.0 Å². The van der Waals surface area contributed by atoms with Gasteiger partial charge in [-0.1, -0.05) is 27.7 Å². The van der Waals surface area contributed by atoms with Crippen LogP contribution in [0.1, 0.15) is 40.5 Å². The van der Waals surface area contributed by atoms with Crippen LogP contribution in [0.4, 0.5) is 0 Å². The number of nitrogens with two attached hydrogens (primary N) is 1. The molecule has 0 fully saturated rings. The summed E-state index contributed by atoms with van der Waals surface area (Å²) in [6.45, 7) is 9.32. The topological polar surface area (TPSA) is 58.4 Å². The Labute approximate surface area is 112 Å². The normalized spacial score (nSPS) is 15.2. The summed E-state index contributed by atoms with van der Waals surface area (Å²) in [4.78, 5) is 14.0. The van der Waals surface area contributed by atoms with E-state index < -0.39 is 0 Å². The van der Waals surface area contributed by atoms with Gasteiger partial charge in [0.2, 0.25) is 5.91 Å². The van der Waals surface area contributed by atoms with Gasteiger partial charge in [-0.3, -0.25) is 4.79 Å². The van der Waals surface area contributed by atoms with Crippen molar-refractivity contribution in [2.45, 2.75) is 52.6 Å². The number of hydrogen-bond acceptors (Lipinski definition) is 3. The number of hydrogen-bond donors (Lipinski definition) is 2. The highest BCUT2D eigenvalue weighted by atomic mass is 16.1. The third-order valence-electron chi connectivity index (χ3n) is 2.98. The molecule has 0 saturated heterocycles. The van der Waals surface area contributed by atoms with Crippen LogP contribution in [-0.2, 0) is 4.79 Å². The van der Waals surface area contributed by atoms with E-state index in [9.17, 15) is 4.79 Å². The minimum absolute atomic E-state index is 0.0518. The molecule has 0 saturated carbocycles. The summed E-state index contributed by atoms with van der Waals surface area (Å²) in [7, 11) is 4.05. The second kappa shape index (κ2) is 8.48. The predicted octanol–water partition coefficient (Wildman–Crippen LogP) is 1.45. The smallest absolute Gasteiger partial charge is 0.221 e. The van der Waals surface area contributed by atoms with Gasteiger partial charge in [0.15, 0.2) is 0 Å². The molecular weight excluding hydrogens is 226 g/mol. The first kappa shape index (κ1) is 17.4. The van der Waals surface area contributed by atoms with E-state index in [4.69, 9.17) is 5.73 Å². The molecule has 18 heavy (non-hydrogen) atoms. The molecule has 0 aliphatic heterocycles. The van der Waals surface area contributed by atoms with E-state index in [1.165, 1.54) is 0 Å². The molecule has 0 aromatic carbocycles. The average molecular weight is 257 g/mol. The lowest BCUT2D eigenvalue weighted by atomic mass is 10.00. The summed E-state index contributed by atoms with van der Waals surface area (Å²) in [6, 6.07) is 0.163. The molecule has 0 aliphatic rings. The fraction of sp³-hybridized carbons (Fsp3) is 0.929. The zero-order valence-corrected chi connectivity index (χ0v) is 12.9. The van der Waals surface area contributed by atoms with Crippen molar-refractivity contribution in [1.82, 2.24) is 10.2 Å². The quantitative estimate of drug-likeness (QED) is 0.692. The number of rotatable bonds is 8. The number of likely N-dealkylation sites (N-methyl/N-ethyl adjacent to an activating group) is 1. The Morgan fingerprint density at radius 2 is 1.78 bits per heavy atom.